The molecule has 1 unspecified atom stereocenters. The Balaban J connectivity index is 0.00000169. The zero-order valence-electron chi connectivity index (χ0n) is 14.9. The number of nitriles is 1. The lowest BCUT2D eigenvalue weighted by molar-refractivity contribution is -0.130. The van der Waals surface area contributed by atoms with Crippen LogP contribution in [0.1, 0.15) is 32.6 Å². The third kappa shape index (κ3) is 5.19. The number of aromatic nitrogens is 2. The molecule has 7 nitrogen and oxygen atoms in total. The summed E-state index contributed by atoms with van der Waals surface area (Å²) in [4.78, 5) is 24.8. The summed E-state index contributed by atoms with van der Waals surface area (Å²) in [6.45, 7) is 4.96. The zero-order valence-corrected chi connectivity index (χ0v) is 16.6. The molecule has 1 N–H and O–H groups in total. The van der Waals surface area contributed by atoms with Crippen molar-refractivity contribution >= 4 is 36.5 Å². The molecule has 1 aromatic rings. The second-order valence-electron chi connectivity index (χ2n) is 6.84. The molecule has 0 aromatic carbocycles. The molecule has 0 saturated carbocycles. The van der Waals surface area contributed by atoms with Crippen LogP contribution < -0.4 is 10.2 Å². The lowest BCUT2D eigenvalue weighted by Crippen LogP contribution is -2.54. The van der Waals surface area contributed by atoms with Crippen LogP contribution in [0, 0.1) is 11.3 Å². The van der Waals surface area contributed by atoms with E-state index in [1.807, 2.05) is 0 Å². The van der Waals surface area contributed by atoms with Gasteiger partial charge >= 0.3 is 0 Å². The normalized spacial score (nSPS) is 21.3. The minimum Gasteiger partial charge on any atom is -0.355 e. The van der Waals surface area contributed by atoms with Crippen LogP contribution in [-0.2, 0) is 4.79 Å². The number of likely N-dealkylation sites (tertiary alicyclic amines) is 1. The highest BCUT2D eigenvalue weighted by Crippen LogP contribution is 2.24. The van der Waals surface area contributed by atoms with Gasteiger partial charge in [-0.05, 0) is 32.6 Å². The quantitative estimate of drug-likeness (QED) is 0.828. The van der Waals surface area contributed by atoms with Gasteiger partial charge in [0.1, 0.15) is 11.9 Å². The first-order valence-electron chi connectivity index (χ1n) is 8.56. The van der Waals surface area contributed by atoms with E-state index in [-0.39, 0.29) is 42.3 Å². The molecule has 0 radical (unpaired) electrons. The van der Waals surface area contributed by atoms with Gasteiger partial charge in [0, 0.05) is 37.6 Å². The molecule has 3 rings (SSSR count). The maximum atomic E-state index is 12.4. The first kappa shape index (κ1) is 22.4. The first-order chi connectivity index (χ1) is 11.6. The van der Waals surface area contributed by atoms with E-state index in [2.05, 4.69) is 33.2 Å². The van der Waals surface area contributed by atoms with Gasteiger partial charge in [0.15, 0.2) is 0 Å². The lowest BCUT2D eigenvalue weighted by atomic mass is 9.89. The summed E-state index contributed by atoms with van der Waals surface area (Å²) in [5.41, 5.74) is -0.0593. The van der Waals surface area contributed by atoms with Crippen LogP contribution in [0.5, 0.6) is 0 Å². The fraction of sp³-hybridized carbons (Fsp3) is 0.647. The molecule has 0 aliphatic carbocycles. The van der Waals surface area contributed by atoms with Crippen LogP contribution in [0.3, 0.4) is 0 Å². The molecule has 9 heteroatoms. The Morgan fingerprint density at radius 1 is 1.35 bits per heavy atom. The minimum absolute atomic E-state index is 0. The number of carbonyl (C=O) groups is 1. The smallest absolute Gasteiger partial charge is 0.237 e. The molecule has 3 heterocycles. The Hall–Kier alpha value is -1.62. The van der Waals surface area contributed by atoms with Crippen molar-refractivity contribution in [3.63, 3.8) is 0 Å². The molecule has 1 atom stereocenters. The Morgan fingerprint density at radius 2 is 2.08 bits per heavy atom. The Kier molecular flexibility index (Phi) is 8.54. The molecule has 26 heavy (non-hydrogen) atoms. The second-order valence-corrected chi connectivity index (χ2v) is 6.84. The van der Waals surface area contributed by atoms with Crippen molar-refractivity contribution in [1.29, 1.82) is 5.26 Å². The fourth-order valence-corrected chi connectivity index (χ4v) is 3.45. The maximum Gasteiger partial charge on any atom is 0.237 e. The van der Waals surface area contributed by atoms with Crippen LogP contribution >= 0.6 is 24.8 Å². The summed E-state index contributed by atoms with van der Waals surface area (Å²) < 4.78 is 0. The van der Waals surface area contributed by atoms with E-state index in [4.69, 9.17) is 5.26 Å². The summed E-state index contributed by atoms with van der Waals surface area (Å²) in [6, 6.07) is 1.98. The molecule has 2 fully saturated rings. The van der Waals surface area contributed by atoms with E-state index in [1.54, 1.807) is 23.5 Å². The first-order valence-corrected chi connectivity index (χ1v) is 8.56. The van der Waals surface area contributed by atoms with E-state index in [0.717, 1.165) is 44.6 Å². The highest BCUT2D eigenvalue weighted by molar-refractivity contribution is 5.85. The number of amides is 1. The van der Waals surface area contributed by atoms with Gasteiger partial charge in [-0.3, -0.25) is 9.78 Å². The zero-order chi connectivity index (χ0) is 17.0. The van der Waals surface area contributed by atoms with Gasteiger partial charge in [-0.2, -0.15) is 5.26 Å². The fourth-order valence-electron chi connectivity index (χ4n) is 3.45. The molecule has 0 spiro atoms. The standard InChI is InChI=1S/C17H24N6O.2ClH/c1-17(21-13-16(24)23-8-2-3-14(23)11-18)4-9-22(10-5-17)15-12-19-6-7-20-15;;/h6-7,12,14,21H,2-5,8-10,13H2,1H3;2*1H. The third-order valence-electron chi connectivity index (χ3n) is 5.13. The van der Waals surface area contributed by atoms with E-state index in [1.165, 1.54) is 0 Å². The van der Waals surface area contributed by atoms with Crippen LogP contribution in [-0.4, -0.2) is 58.5 Å². The van der Waals surface area contributed by atoms with Crippen molar-refractivity contribution in [3.05, 3.63) is 18.6 Å². The van der Waals surface area contributed by atoms with Gasteiger partial charge in [-0.1, -0.05) is 0 Å². The van der Waals surface area contributed by atoms with E-state index < -0.39 is 0 Å². The highest BCUT2D eigenvalue weighted by atomic mass is 35.5. The van der Waals surface area contributed by atoms with Crippen LogP contribution in [0.25, 0.3) is 0 Å². The van der Waals surface area contributed by atoms with Gasteiger partial charge in [0.05, 0.1) is 18.8 Å². The SMILES string of the molecule is CC1(NCC(=O)N2CCCC2C#N)CCN(c2cnccn2)CC1.Cl.Cl. The Bertz CT molecular complexity index is 615. The van der Waals surface area contributed by atoms with Crippen molar-refractivity contribution in [2.45, 2.75) is 44.2 Å². The third-order valence-corrected chi connectivity index (χ3v) is 5.13. The van der Waals surface area contributed by atoms with Crippen molar-refractivity contribution < 1.29 is 4.79 Å². The molecule has 1 aromatic heterocycles. The monoisotopic (exact) mass is 400 g/mol. The lowest BCUT2D eigenvalue weighted by Gasteiger charge is -2.40. The molecule has 144 valence electrons. The molecule has 0 bridgehead atoms. The number of nitrogens with one attached hydrogen (secondary N) is 1. The number of hydrogen-bond acceptors (Lipinski definition) is 6. The van der Waals surface area contributed by atoms with Crippen molar-refractivity contribution in [1.82, 2.24) is 20.2 Å². The van der Waals surface area contributed by atoms with Crippen molar-refractivity contribution in [2.24, 2.45) is 0 Å². The molecule has 2 aliphatic rings. The van der Waals surface area contributed by atoms with Crippen LogP contribution in [0.2, 0.25) is 0 Å². The van der Waals surface area contributed by atoms with Gasteiger partial charge in [0.25, 0.3) is 0 Å². The topological polar surface area (TPSA) is 85.2 Å². The largest absolute Gasteiger partial charge is 0.355 e. The van der Waals surface area contributed by atoms with Crippen LogP contribution in [0.15, 0.2) is 18.6 Å². The number of nitrogens with zero attached hydrogens (tertiary/aromatic N) is 5. The van der Waals surface area contributed by atoms with Gasteiger partial charge in [0.2, 0.25) is 5.91 Å². The predicted molar refractivity (Wildman–Crippen MR) is 105 cm³/mol. The highest BCUT2D eigenvalue weighted by Gasteiger charge is 2.33. The number of halogens is 2. The van der Waals surface area contributed by atoms with E-state index in [0.29, 0.717) is 13.1 Å². The van der Waals surface area contributed by atoms with Crippen molar-refractivity contribution in [2.75, 3.05) is 31.1 Å². The van der Waals surface area contributed by atoms with Gasteiger partial charge in [-0.15, -0.1) is 24.8 Å². The van der Waals surface area contributed by atoms with Crippen LogP contribution in [0.4, 0.5) is 5.82 Å². The Morgan fingerprint density at radius 3 is 2.69 bits per heavy atom. The molecule has 1 amide bonds. The molecular formula is C17H26Cl2N6O. The molecule has 2 aliphatic heterocycles. The number of hydrogen-bond donors (Lipinski definition) is 1. The van der Waals surface area contributed by atoms with E-state index >= 15 is 0 Å². The molecule has 2 saturated heterocycles. The predicted octanol–water partition coefficient (Wildman–Crippen LogP) is 1.78. The average Bonchev–Trinajstić information content (AvgIpc) is 3.10. The Labute approximate surface area is 167 Å². The maximum absolute atomic E-state index is 12.4. The average molecular weight is 401 g/mol. The number of carbonyl (C=O) groups excluding carboxylic acids is 1. The summed E-state index contributed by atoms with van der Waals surface area (Å²) in [7, 11) is 0. The minimum atomic E-state index is -0.245. The number of anilines is 1. The molecular weight excluding hydrogens is 375 g/mol. The summed E-state index contributed by atoms with van der Waals surface area (Å²) >= 11 is 0. The summed E-state index contributed by atoms with van der Waals surface area (Å²) in [5, 5.41) is 12.5. The summed E-state index contributed by atoms with van der Waals surface area (Å²) in [6.07, 6.45) is 8.78. The second kappa shape index (κ2) is 9.91. The van der Waals surface area contributed by atoms with E-state index in [9.17, 15) is 4.79 Å². The number of piperidine rings is 1. The van der Waals surface area contributed by atoms with Gasteiger partial charge in [-0.25, -0.2) is 4.98 Å². The number of rotatable bonds is 4. The summed E-state index contributed by atoms with van der Waals surface area (Å²) in [5.74, 6) is 0.946. The van der Waals surface area contributed by atoms with Gasteiger partial charge < -0.3 is 15.1 Å². The van der Waals surface area contributed by atoms with Crippen molar-refractivity contribution in [3.8, 4) is 6.07 Å².